The van der Waals surface area contributed by atoms with Gasteiger partial charge >= 0.3 is 7.82 Å². The summed E-state index contributed by atoms with van der Waals surface area (Å²) < 4.78 is 22.3. The van der Waals surface area contributed by atoms with Crippen LogP contribution >= 0.6 is 7.82 Å². The summed E-state index contributed by atoms with van der Waals surface area (Å²) in [5.41, 5.74) is 0. The van der Waals surface area contributed by atoms with E-state index in [2.05, 4.69) is 25.7 Å². The third kappa shape index (κ3) is 29.1. The highest BCUT2D eigenvalue weighted by molar-refractivity contribution is 7.47. The van der Waals surface area contributed by atoms with E-state index in [0.29, 0.717) is 13.2 Å². The van der Waals surface area contributed by atoms with Crippen LogP contribution in [-0.4, -0.2) is 42.6 Å². The molecular weight excluding hydrogens is 493 g/mol. The summed E-state index contributed by atoms with van der Waals surface area (Å²) >= 11 is 0. The van der Waals surface area contributed by atoms with Gasteiger partial charge in [0.25, 0.3) is 0 Å². The standard InChI is InChI=1S/C32H68NO4P/c1-4-7-10-13-15-17-19-23-28-33(29-24-20-18-16-14-11-8-5-2)30-25-22-27-32-37-38(34,35)36-31-26-21-12-9-6-3/h4-32H2,1-3H3,(H,34,35). The minimum atomic E-state index is -3.89. The minimum Gasteiger partial charge on any atom is -0.303 e. The molecule has 1 unspecified atom stereocenters. The van der Waals surface area contributed by atoms with Gasteiger partial charge in [0.05, 0.1) is 13.2 Å². The highest BCUT2D eigenvalue weighted by atomic mass is 31.2. The lowest BCUT2D eigenvalue weighted by Crippen LogP contribution is -2.27. The summed E-state index contributed by atoms with van der Waals surface area (Å²) in [5, 5.41) is 0. The second-order valence-corrected chi connectivity index (χ2v) is 12.9. The van der Waals surface area contributed by atoms with Crippen LogP contribution in [0.3, 0.4) is 0 Å². The van der Waals surface area contributed by atoms with Crippen LogP contribution in [0.1, 0.15) is 175 Å². The lowest BCUT2D eigenvalue weighted by atomic mass is 10.1. The molecular formula is C32H68NO4P. The summed E-state index contributed by atoms with van der Waals surface area (Å²) in [6.45, 7) is 10.9. The molecule has 0 heterocycles. The molecule has 38 heavy (non-hydrogen) atoms. The van der Waals surface area contributed by atoms with E-state index in [-0.39, 0.29) is 0 Å². The van der Waals surface area contributed by atoms with Gasteiger partial charge in [-0.1, -0.05) is 136 Å². The number of unbranched alkanes of at least 4 members (excludes halogenated alkanes) is 20. The third-order valence-corrected chi connectivity index (χ3v) is 8.55. The summed E-state index contributed by atoms with van der Waals surface area (Å²) in [4.78, 5) is 12.5. The molecule has 0 aliphatic carbocycles. The van der Waals surface area contributed by atoms with E-state index in [1.165, 1.54) is 129 Å². The Morgan fingerprint density at radius 3 is 1.05 bits per heavy atom. The molecule has 1 N–H and O–H groups in total. The van der Waals surface area contributed by atoms with E-state index in [4.69, 9.17) is 9.05 Å². The first-order chi connectivity index (χ1) is 18.6. The molecule has 0 fully saturated rings. The molecule has 0 saturated heterocycles. The Morgan fingerprint density at radius 2 is 0.711 bits per heavy atom. The zero-order valence-corrected chi connectivity index (χ0v) is 27.0. The molecule has 0 aromatic heterocycles. The van der Waals surface area contributed by atoms with E-state index < -0.39 is 7.82 Å². The zero-order chi connectivity index (χ0) is 28.0. The van der Waals surface area contributed by atoms with Gasteiger partial charge in [0.2, 0.25) is 0 Å². The van der Waals surface area contributed by atoms with Gasteiger partial charge in [-0.05, 0) is 58.2 Å². The Hall–Kier alpha value is 0.0700. The van der Waals surface area contributed by atoms with Crippen molar-refractivity contribution >= 4 is 7.82 Å². The van der Waals surface area contributed by atoms with E-state index in [1.54, 1.807) is 0 Å². The second-order valence-electron chi connectivity index (χ2n) is 11.4. The molecule has 0 aromatic carbocycles. The first kappa shape index (κ1) is 38.1. The lowest BCUT2D eigenvalue weighted by molar-refractivity contribution is 0.144. The van der Waals surface area contributed by atoms with Crippen molar-refractivity contribution < 1.29 is 18.5 Å². The Labute approximate surface area is 238 Å². The number of nitrogens with zero attached hydrogens (tertiary/aromatic N) is 1. The highest BCUT2D eigenvalue weighted by Gasteiger charge is 2.20. The summed E-state index contributed by atoms with van der Waals surface area (Å²) in [6, 6.07) is 0. The molecule has 0 aliphatic rings. The van der Waals surface area contributed by atoms with Crippen molar-refractivity contribution in [3.8, 4) is 0 Å². The predicted molar refractivity (Wildman–Crippen MR) is 166 cm³/mol. The second kappa shape index (κ2) is 30.0. The van der Waals surface area contributed by atoms with Gasteiger partial charge in [0, 0.05) is 0 Å². The van der Waals surface area contributed by atoms with Crippen LogP contribution in [0.5, 0.6) is 0 Å². The van der Waals surface area contributed by atoms with Crippen LogP contribution in [0, 0.1) is 0 Å². The number of phosphoric ester groups is 1. The fourth-order valence-corrected chi connectivity index (χ4v) is 5.79. The number of hydrogen-bond donors (Lipinski definition) is 1. The molecule has 0 saturated carbocycles. The van der Waals surface area contributed by atoms with Crippen LogP contribution in [0.4, 0.5) is 0 Å². The fraction of sp³-hybridized carbons (Fsp3) is 1.00. The molecule has 0 amide bonds. The molecule has 0 bridgehead atoms. The largest absolute Gasteiger partial charge is 0.472 e. The average molecular weight is 562 g/mol. The predicted octanol–water partition coefficient (Wildman–Crippen LogP) is 10.8. The maximum Gasteiger partial charge on any atom is 0.472 e. The van der Waals surface area contributed by atoms with Crippen molar-refractivity contribution in [2.24, 2.45) is 0 Å². The Balaban J connectivity index is 4.03. The van der Waals surface area contributed by atoms with E-state index in [1.807, 2.05) is 0 Å². The number of rotatable bonds is 32. The zero-order valence-electron chi connectivity index (χ0n) is 26.1. The van der Waals surface area contributed by atoms with Crippen molar-refractivity contribution in [3.63, 3.8) is 0 Å². The quantitative estimate of drug-likeness (QED) is 0.0654. The maximum atomic E-state index is 12.0. The van der Waals surface area contributed by atoms with Crippen molar-refractivity contribution in [2.75, 3.05) is 32.8 Å². The van der Waals surface area contributed by atoms with Crippen molar-refractivity contribution in [1.29, 1.82) is 0 Å². The average Bonchev–Trinajstić information content (AvgIpc) is 2.90. The van der Waals surface area contributed by atoms with Gasteiger partial charge in [-0.25, -0.2) is 4.57 Å². The van der Waals surface area contributed by atoms with Crippen LogP contribution < -0.4 is 0 Å². The maximum absolute atomic E-state index is 12.0. The van der Waals surface area contributed by atoms with E-state index >= 15 is 0 Å². The van der Waals surface area contributed by atoms with E-state index in [9.17, 15) is 9.46 Å². The lowest BCUT2D eigenvalue weighted by Gasteiger charge is -2.22. The first-order valence-electron chi connectivity index (χ1n) is 16.9. The van der Waals surface area contributed by atoms with Gasteiger partial charge in [0.15, 0.2) is 0 Å². The molecule has 230 valence electrons. The van der Waals surface area contributed by atoms with Crippen LogP contribution in [0.2, 0.25) is 0 Å². The molecule has 6 heteroatoms. The fourth-order valence-electron chi connectivity index (χ4n) is 4.99. The molecule has 0 spiro atoms. The van der Waals surface area contributed by atoms with Crippen LogP contribution in [0.25, 0.3) is 0 Å². The molecule has 5 nitrogen and oxygen atoms in total. The van der Waals surface area contributed by atoms with Crippen molar-refractivity contribution in [1.82, 2.24) is 4.90 Å². The Bertz CT molecular complexity index is 486. The van der Waals surface area contributed by atoms with Gasteiger partial charge in [-0.2, -0.15) is 0 Å². The molecule has 0 radical (unpaired) electrons. The van der Waals surface area contributed by atoms with Gasteiger partial charge in [-0.3, -0.25) is 9.05 Å². The third-order valence-electron chi connectivity index (χ3n) is 7.53. The summed E-state index contributed by atoms with van der Waals surface area (Å²) in [6.07, 6.45) is 30.4. The molecule has 0 aromatic rings. The number of phosphoric acid groups is 1. The van der Waals surface area contributed by atoms with Crippen LogP contribution in [0.15, 0.2) is 0 Å². The topological polar surface area (TPSA) is 59.0 Å². The first-order valence-corrected chi connectivity index (χ1v) is 18.4. The molecule has 0 rings (SSSR count). The number of hydrogen-bond acceptors (Lipinski definition) is 4. The van der Waals surface area contributed by atoms with Gasteiger partial charge in [-0.15, -0.1) is 0 Å². The van der Waals surface area contributed by atoms with E-state index in [0.717, 1.165) is 45.1 Å². The molecule has 0 aliphatic heterocycles. The minimum absolute atomic E-state index is 0.305. The SMILES string of the molecule is CCCCCCCCCCN(CCCCCCCCCC)CCCCCOP(=O)(O)OCCCCCCC. The van der Waals surface area contributed by atoms with Gasteiger partial charge < -0.3 is 9.79 Å². The van der Waals surface area contributed by atoms with Crippen molar-refractivity contribution in [2.45, 2.75) is 175 Å². The Morgan fingerprint density at radius 1 is 0.447 bits per heavy atom. The Kier molecular flexibility index (Phi) is 30.1. The highest BCUT2D eigenvalue weighted by Crippen LogP contribution is 2.43. The monoisotopic (exact) mass is 561 g/mol. The smallest absolute Gasteiger partial charge is 0.303 e. The molecule has 1 atom stereocenters. The van der Waals surface area contributed by atoms with Gasteiger partial charge in [0.1, 0.15) is 0 Å². The normalized spacial score (nSPS) is 13.4. The summed E-state index contributed by atoms with van der Waals surface area (Å²) in [5.74, 6) is 0. The van der Waals surface area contributed by atoms with Crippen molar-refractivity contribution in [3.05, 3.63) is 0 Å². The van der Waals surface area contributed by atoms with Crippen LogP contribution in [-0.2, 0) is 13.6 Å². The summed E-state index contributed by atoms with van der Waals surface area (Å²) in [7, 11) is -3.89.